The van der Waals surface area contributed by atoms with Gasteiger partial charge in [0.05, 0.1) is 0 Å². The molecule has 200 valence electrons. The number of thiophene rings is 1. The minimum absolute atomic E-state index is 0. The van der Waals surface area contributed by atoms with Crippen molar-refractivity contribution in [3.8, 4) is 0 Å². The zero-order chi connectivity index (χ0) is 27.1. The molecule has 1 aliphatic carbocycles. The number of aliphatic imine (C=N–C) groups is 1. The van der Waals surface area contributed by atoms with Gasteiger partial charge in [0.2, 0.25) is 6.41 Å². The monoisotopic (exact) mass is 547 g/mol. The van der Waals surface area contributed by atoms with Gasteiger partial charge in [0, 0.05) is 36.4 Å². The molecule has 7 nitrogen and oxygen atoms in total. The zero-order valence-corrected chi connectivity index (χ0v) is 26.1. The normalized spacial score (nSPS) is 20.7. The van der Waals surface area contributed by atoms with E-state index in [4.69, 9.17) is 4.99 Å². The molecule has 9 heteroatoms. The van der Waals surface area contributed by atoms with E-state index in [9.17, 15) is 19.5 Å². The van der Waals surface area contributed by atoms with E-state index < -0.39 is 5.97 Å². The molecule has 1 aromatic carbocycles. The third-order valence-electron chi connectivity index (χ3n) is 7.38. The summed E-state index contributed by atoms with van der Waals surface area (Å²) in [5, 5.41) is 15.9. The number of carbonyl (C=O) groups excluding carboxylic acids is 3. The molecule has 38 heavy (non-hydrogen) atoms. The first-order valence-electron chi connectivity index (χ1n) is 12.9. The van der Waals surface area contributed by atoms with E-state index in [0.717, 1.165) is 44.2 Å². The fraction of sp³-hybridized carbons (Fsp3) is 0.517. The Morgan fingerprint density at radius 1 is 1.21 bits per heavy atom. The summed E-state index contributed by atoms with van der Waals surface area (Å²) in [5.41, 5.74) is 4.17. The molecular formula is C29H38N3NaO4S. The summed E-state index contributed by atoms with van der Waals surface area (Å²) in [6.45, 7) is 10.0. The van der Waals surface area contributed by atoms with E-state index in [1.54, 1.807) is 11.3 Å². The topological polar surface area (TPSA) is 102 Å². The van der Waals surface area contributed by atoms with Gasteiger partial charge >= 0.3 is 29.6 Å². The third-order valence-corrected chi connectivity index (χ3v) is 8.06. The van der Waals surface area contributed by atoms with Crippen LogP contribution in [0.3, 0.4) is 0 Å². The van der Waals surface area contributed by atoms with Crippen LogP contribution >= 0.6 is 11.3 Å². The molecule has 0 radical (unpaired) electrons. The van der Waals surface area contributed by atoms with Crippen LogP contribution in [0.2, 0.25) is 0 Å². The van der Waals surface area contributed by atoms with Gasteiger partial charge in [-0.2, -0.15) is 11.3 Å². The first-order chi connectivity index (χ1) is 17.6. The minimum Gasteiger partial charge on any atom is -0.550 e. The summed E-state index contributed by atoms with van der Waals surface area (Å²) in [6, 6.07) is 10.7. The Morgan fingerprint density at radius 3 is 2.39 bits per heavy atom. The van der Waals surface area contributed by atoms with Crippen molar-refractivity contribution in [1.82, 2.24) is 10.2 Å². The number of carbonyl (C=O) groups is 3. The smallest absolute Gasteiger partial charge is 0.550 e. The van der Waals surface area contributed by atoms with Crippen molar-refractivity contribution in [2.24, 2.45) is 16.3 Å². The number of amides is 2. The van der Waals surface area contributed by atoms with Crippen molar-refractivity contribution in [1.29, 1.82) is 0 Å². The van der Waals surface area contributed by atoms with Crippen LogP contribution in [0.1, 0.15) is 69.6 Å². The maximum absolute atomic E-state index is 13.4. The van der Waals surface area contributed by atoms with Crippen molar-refractivity contribution in [3.05, 3.63) is 57.8 Å². The zero-order valence-electron chi connectivity index (χ0n) is 23.3. The molecule has 1 N–H and O–H groups in total. The van der Waals surface area contributed by atoms with Gasteiger partial charge < -0.3 is 20.1 Å². The number of hydrogen-bond acceptors (Lipinski definition) is 6. The number of hydrogen-bond donors (Lipinski definition) is 1. The van der Waals surface area contributed by atoms with Gasteiger partial charge in [0.15, 0.2) is 0 Å². The molecule has 1 aliphatic heterocycles. The van der Waals surface area contributed by atoms with Gasteiger partial charge in [-0.3, -0.25) is 14.6 Å². The van der Waals surface area contributed by atoms with Crippen molar-refractivity contribution < 1.29 is 49.0 Å². The van der Waals surface area contributed by atoms with E-state index in [1.165, 1.54) is 11.1 Å². The first-order valence-corrected chi connectivity index (χ1v) is 13.9. The molecule has 2 aromatic rings. The van der Waals surface area contributed by atoms with Crippen LogP contribution in [0.5, 0.6) is 0 Å². The molecule has 1 aromatic heterocycles. The van der Waals surface area contributed by atoms with E-state index in [2.05, 4.69) is 67.6 Å². The Balaban J connectivity index is 0.000000493. The maximum atomic E-state index is 13.4. The van der Waals surface area contributed by atoms with Crippen LogP contribution in [0.15, 0.2) is 46.1 Å². The van der Waals surface area contributed by atoms with Crippen molar-refractivity contribution in [3.63, 3.8) is 0 Å². The average molecular weight is 548 g/mol. The summed E-state index contributed by atoms with van der Waals surface area (Å²) in [7, 11) is 0. The van der Waals surface area contributed by atoms with Crippen molar-refractivity contribution in [2.75, 3.05) is 13.1 Å². The summed E-state index contributed by atoms with van der Waals surface area (Å²) < 4.78 is 0. The van der Waals surface area contributed by atoms with Crippen LogP contribution in [0.4, 0.5) is 0 Å². The van der Waals surface area contributed by atoms with E-state index >= 15 is 0 Å². The number of rotatable bonds is 8. The van der Waals surface area contributed by atoms with Crippen LogP contribution in [-0.2, 0) is 20.8 Å². The van der Waals surface area contributed by atoms with Crippen LogP contribution in [-0.4, -0.2) is 47.7 Å². The molecule has 1 saturated carbocycles. The van der Waals surface area contributed by atoms with Crippen molar-refractivity contribution in [2.45, 2.75) is 71.9 Å². The minimum atomic E-state index is -1.15. The quantitative estimate of drug-likeness (QED) is 0.299. The molecule has 4 rings (SSSR count). The molecule has 1 spiro atoms. The largest absolute Gasteiger partial charge is 1.00 e. The SMILES string of the molecule is Cc1ccc(CCN2C(=O)C(c3ccsc3)=NC23CCC(C(C)(C)C)CC3)cc1.O=CNCCC(=O)[O-].[Na+]. The number of aryl methyl sites for hydroxylation is 1. The third kappa shape index (κ3) is 8.50. The Kier molecular flexibility index (Phi) is 12.2. The second kappa shape index (κ2) is 14.4. The predicted octanol–water partition coefficient (Wildman–Crippen LogP) is 0.740. The number of nitrogens with one attached hydrogen (secondary N) is 1. The summed E-state index contributed by atoms with van der Waals surface area (Å²) in [5.74, 6) is -0.341. The Hall–Kier alpha value is -2.00. The standard InChI is InChI=1S/C25H32N2OS.C4H7NO3.Na/c1-18-5-7-19(8-6-18)11-15-27-23(28)22(20-12-16-29-17-20)26-25(27)13-9-21(10-14-25)24(2,3)4;6-3-5-2-1-4(7)8;/h5-8,12,16-17,21H,9-11,13-15H2,1-4H3;3H,1-2H2,(H,5,6)(H,7,8);/q;;+1/p-1. The fourth-order valence-corrected chi connectivity index (χ4v) is 5.73. The fourth-order valence-electron chi connectivity index (χ4n) is 5.09. The summed E-state index contributed by atoms with van der Waals surface area (Å²) in [4.78, 5) is 39.7. The van der Waals surface area contributed by atoms with Gasteiger partial charge in [0.25, 0.3) is 5.91 Å². The molecule has 0 unspecified atom stereocenters. The molecule has 2 aliphatic rings. The number of carboxylic acid groups (broad SMARTS) is 1. The van der Waals surface area contributed by atoms with Gasteiger partial charge in [-0.1, -0.05) is 50.6 Å². The second-order valence-corrected chi connectivity index (χ2v) is 11.8. The van der Waals surface area contributed by atoms with Gasteiger partial charge in [-0.05, 0) is 67.4 Å². The second-order valence-electron chi connectivity index (χ2n) is 11.0. The van der Waals surface area contributed by atoms with E-state index in [-0.39, 0.29) is 54.1 Å². The summed E-state index contributed by atoms with van der Waals surface area (Å²) >= 11 is 1.63. The predicted molar refractivity (Wildman–Crippen MR) is 145 cm³/mol. The van der Waals surface area contributed by atoms with Gasteiger partial charge in [-0.25, -0.2) is 0 Å². The Bertz CT molecular complexity index is 1090. The van der Waals surface area contributed by atoms with E-state index in [0.29, 0.717) is 23.5 Å². The average Bonchev–Trinajstić information content (AvgIpc) is 3.46. The molecule has 2 heterocycles. The molecule has 1 fully saturated rings. The van der Waals surface area contributed by atoms with E-state index in [1.807, 2.05) is 11.4 Å². The van der Waals surface area contributed by atoms with Crippen LogP contribution in [0.25, 0.3) is 0 Å². The van der Waals surface area contributed by atoms with Crippen LogP contribution < -0.4 is 40.0 Å². The molecule has 0 saturated heterocycles. The maximum Gasteiger partial charge on any atom is 1.00 e. The number of carboxylic acids is 1. The molecule has 2 amide bonds. The van der Waals surface area contributed by atoms with Gasteiger partial charge in [0.1, 0.15) is 11.4 Å². The van der Waals surface area contributed by atoms with Crippen molar-refractivity contribution >= 4 is 35.3 Å². The number of nitrogens with zero attached hydrogens (tertiary/aromatic N) is 2. The first kappa shape index (κ1) is 32.2. The van der Waals surface area contributed by atoms with Crippen LogP contribution in [0, 0.1) is 18.3 Å². The molecule has 0 bridgehead atoms. The number of benzene rings is 1. The van der Waals surface area contributed by atoms with Gasteiger partial charge in [-0.15, -0.1) is 0 Å². The molecular weight excluding hydrogens is 509 g/mol. The number of aliphatic carboxylic acids is 1. The summed E-state index contributed by atoms with van der Waals surface area (Å²) in [6.07, 6.45) is 5.42. The molecule has 0 atom stereocenters. The Morgan fingerprint density at radius 2 is 1.87 bits per heavy atom. The Labute approximate surface area is 252 Å².